The Labute approximate surface area is 172 Å². The predicted molar refractivity (Wildman–Crippen MR) is 118 cm³/mol. The molecule has 0 aliphatic heterocycles. The maximum Gasteiger partial charge on any atom is 0.185 e. The third-order valence-electron chi connectivity index (χ3n) is 4.00. The minimum atomic E-state index is -0.107. The van der Waals surface area contributed by atoms with Crippen LogP contribution in [0.2, 0.25) is 0 Å². The van der Waals surface area contributed by atoms with Crippen molar-refractivity contribution in [3.8, 4) is 17.2 Å². The lowest BCUT2D eigenvalue weighted by atomic mass is 10.0. The molecule has 0 saturated heterocycles. The Hall–Kier alpha value is -3.53. The van der Waals surface area contributed by atoms with Crippen molar-refractivity contribution in [1.82, 2.24) is 0 Å². The maximum absolute atomic E-state index is 12.5. The molecule has 2 rings (SSSR count). The second-order valence-electron chi connectivity index (χ2n) is 6.09. The summed E-state index contributed by atoms with van der Waals surface area (Å²) in [6.07, 6.45) is 12.5. The van der Waals surface area contributed by atoms with Gasteiger partial charge in [-0.3, -0.25) is 4.79 Å². The Morgan fingerprint density at radius 3 is 2.31 bits per heavy atom. The van der Waals surface area contributed by atoms with Crippen LogP contribution < -0.4 is 14.2 Å². The minimum absolute atomic E-state index is 0.107. The molecule has 2 aromatic rings. The first-order chi connectivity index (χ1) is 14.1. The van der Waals surface area contributed by atoms with Crippen molar-refractivity contribution in [3.05, 3.63) is 96.5 Å². The van der Waals surface area contributed by atoms with Crippen LogP contribution in [0.15, 0.2) is 79.8 Å². The van der Waals surface area contributed by atoms with Gasteiger partial charge in [-0.1, -0.05) is 18.2 Å². The number of carbonyl (C=O) groups is 1. The van der Waals surface area contributed by atoms with Gasteiger partial charge in [0.25, 0.3) is 0 Å². The molecule has 0 amide bonds. The van der Waals surface area contributed by atoms with E-state index in [9.17, 15) is 4.79 Å². The number of hydrogen-bond acceptors (Lipinski definition) is 4. The number of rotatable bonds is 10. The molecule has 0 atom stereocenters. The van der Waals surface area contributed by atoms with E-state index in [2.05, 4.69) is 6.58 Å². The first-order valence-corrected chi connectivity index (χ1v) is 9.32. The van der Waals surface area contributed by atoms with Crippen molar-refractivity contribution in [1.29, 1.82) is 0 Å². The lowest BCUT2D eigenvalue weighted by Crippen LogP contribution is -1.97. The monoisotopic (exact) mass is 390 g/mol. The number of hydrogen-bond donors (Lipinski definition) is 0. The quantitative estimate of drug-likeness (QED) is 0.211. The number of ketones is 1. The summed E-state index contributed by atoms with van der Waals surface area (Å²) in [5.74, 6) is 1.89. The third kappa shape index (κ3) is 6.25. The van der Waals surface area contributed by atoms with Crippen LogP contribution in [0.1, 0.15) is 35.3 Å². The Morgan fingerprint density at radius 1 is 1.00 bits per heavy atom. The molecule has 29 heavy (non-hydrogen) atoms. The number of allylic oxidation sites excluding steroid dienone is 4. The van der Waals surface area contributed by atoms with Crippen LogP contribution >= 0.6 is 0 Å². The van der Waals surface area contributed by atoms with Gasteiger partial charge in [0.1, 0.15) is 17.2 Å². The van der Waals surface area contributed by atoms with Crippen LogP contribution in [-0.4, -0.2) is 12.9 Å². The molecule has 0 unspecified atom stereocenters. The summed E-state index contributed by atoms with van der Waals surface area (Å²) in [5, 5.41) is 0. The fourth-order valence-corrected chi connectivity index (χ4v) is 2.60. The van der Waals surface area contributed by atoms with Gasteiger partial charge in [-0.25, -0.2) is 0 Å². The first-order valence-electron chi connectivity index (χ1n) is 9.32. The van der Waals surface area contributed by atoms with Crippen molar-refractivity contribution in [2.24, 2.45) is 0 Å². The summed E-state index contributed by atoms with van der Waals surface area (Å²) in [5.41, 5.74) is 2.32. The van der Waals surface area contributed by atoms with E-state index in [0.717, 1.165) is 11.1 Å². The summed E-state index contributed by atoms with van der Waals surface area (Å²) < 4.78 is 16.5. The fraction of sp³-hybridized carbons (Fsp3) is 0.160. The standard InChI is InChI=1S/C25H26O4/c1-5-8-20-17-21(24(27-4)18-25(20)29-16-7-3)11-14-23(26)19-9-12-22(13-10-19)28-15-6-2/h5-7,9-18H,1,8H2,2-4H3. The largest absolute Gasteiger partial charge is 0.496 e. The molecule has 0 aliphatic rings. The molecule has 0 saturated carbocycles. The van der Waals surface area contributed by atoms with Crippen LogP contribution in [0.4, 0.5) is 0 Å². The van der Waals surface area contributed by atoms with Gasteiger partial charge in [0.15, 0.2) is 5.78 Å². The summed E-state index contributed by atoms with van der Waals surface area (Å²) in [6, 6.07) is 10.8. The van der Waals surface area contributed by atoms with Crippen LogP contribution in [0.5, 0.6) is 17.2 Å². The number of ether oxygens (including phenoxy) is 3. The highest BCUT2D eigenvalue weighted by Gasteiger charge is 2.10. The second-order valence-corrected chi connectivity index (χ2v) is 6.09. The summed E-state index contributed by atoms with van der Waals surface area (Å²) in [4.78, 5) is 12.5. The zero-order valence-electron chi connectivity index (χ0n) is 17.1. The molecule has 0 N–H and O–H groups in total. The lowest BCUT2D eigenvalue weighted by Gasteiger charge is -2.12. The molecule has 0 spiro atoms. The van der Waals surface area contributed by atoms with Gasteiger partial charge >= 0.3 is 0 Å². The molecule has 150 valence electrons. The molecule has 0 fully saturated rings. The zero-order valence-corrected chi connectivity index (χ0v) is 17.1. The highest BCUT2D eigenvalue weighted by atomic mass is 16.5. The van der Waals surface area contributed by atoms with Gasteiger partial charge in [-0.05, 0) is 68.3 Å². The molecule has 0 aromatic heterocycles. The van der Waals surface area contributed by atoms with Crippen LogP contribution in [0.3, 0.4) is 0 Å². The SMILES string of the molecule is C=CCc1cc(C=CC(=O)c2ccc(OC=CC)cc2)c(OC)cc1OC=CC. The first kappa shape index (κ1) is 21.8. The topological polar surface area (TPSA) is 44.8 Å². The highest BCUT2D eigenvalue weighted by Crippen LogP contribution is 2.31. The van der Waals surface area contributed by atoms with Gasteiger partial charge in [0.2, 0.25) is 0 Å². The summed E-state index contributed by atoms with van der Waals surface area (Å²) in [7, 11) is 1.59. The Morgan fingerprint density at radius 2 is 1.69 bits per heavy atom. The fourth-order valence-electron chi connectivity index (χ4n) is 2.60. The summed E-state index contributed by atoms with van der Waals surface area (Å²) in [6.45, 7) is 7.55. The van der Waals surface area contributed by atoms with Crippen LogP contribution in [0.25, 0.3) is 6.08 Å². The molecular weight excluding hydrogens is 364 g/mol. The third-order valence-corrected chi connectivity index (χ3v) is 4.00. The molecule has 0 bridgehead atoms. The van der Waals surface area contributed by atoms with E-state index in [0.29, 0.717) is 29.2 Å². The molecular formula is C25H26O4. The average Bonchev–Trinajstić information content (AvgIpc) is 2.75. The van der Waals surface area contributed by atoms with E-state index in [1.807, 2.05) is 32.1 Å². The summed E-state index contributed by atoms with van der Waals surface area (Å²) >= 11 is 0. The lowest BCUT2D eigenvalue weighted by molar-refractivity contribution is 0.104. The number of methoxy groups -OCH3 is 1. The second kappa shape index (κ2) is 11.3. The highest BCUT2D eigenvalue weighted by molar-refractivity contribution is 6.07. The van der Waals surface area contributed by atoms with E-state index in [-0.39, 0.29) is 5.78 Å². The van der Waals surface area contributed by atoms with Crippen molar-refractivity contribution in [3.63, 3.8) is 0 Å². The van der Waals surface area contributed by atoms with Crippen molar-refractivity contribution in [2.75, 3.05) is 7.11 Å². The Balaban J connectivity index is 2.26. The molecule has 4 heteroatoms. The smallest absolute Gasteiger partial charge is 0.185 e. The van der Waals surface area contributed by atoms with Crippen molar-refractivity contribution in [2.45, 2.75) is 20.3 Å². The van der Waals surface area contributed by atoms with Gasteiger partial charge in [0, 0.05) is 17.2 Å². The van der Waals surface area contributed by atoms with Gasteiger partial charge in [0.05, 0.1) is 19.6 Å². The Bertz CT molecular complexity index is 919. The van der Waals surface area contributed by atoms with Gasteiger partial charge in [-0.15, -0.1) is 6.58 Å². The predicted octanol–water partition coefficient (Wildman–Crippen LogP) is 6.14. The number of carbonyl (C=O) groups excluding carboxylic acids is 1. The van der Waals surface area contributed by atoms with E-state index in [4.69, 9.17) is 14.2 Å². The molecule has 4 nitrogen and oxygen atoms in total. The van der Waals surface area contributed by atoms with Crippen molar-refractivity contribution < 1.29 is 19.0 Å². The van der Waals surface area contributed by atoms with E-state index < -0.39 is 0 Å². The van der Waals surface area contributed by atoms with Gasteiger partial charge < -0.3 is 14.2 Å². The molecule has 2 aromatic carbocycles. The van der Waals surface area contributed by atoms with E-state index in [1.54, 1.807) is 62.1 Å². The van der Waals surface area contributed by atoms with Crippen LogP contribution in [-0.2, 0) is 6.42 Å². The van der Waals surface area contributed by atoms with E-state index in [1.165, 1.54) is 6.08 Å². The Kier molecular flexibility index (Phi) is 8.51. The van der Waals surface area contributed by atoms with E-state index >= 15 is 0 Å². The van der Waals surface area contributed by atoms with Crippen LogP contribution in [0, 0.1) is 0 Å². The molecule has 0 heterocycles. The molecule has 0 radical (unpaired) electrons. The average molecular weight is 390 g/mol. The number of benzene rings is 2. The zero-order chi connectivity index (χ0) is 21.1. The van der Waals surface area contributed by atoms with Crippen molar-refractivity contribution >= 4 is 11.9 Å². The maximum atomic E-state index is 12.5. The minimum Gasteiger partial charge on any atom is -0.496 e. The molecule has 0 aliphatic carbocycles. The van der Waals surface area contributed by atoms with Gasteiger partial charge in [-0.2, -0.15) is 0 Å². The normalized spacial score (nSPS) is 11.3.